The lowest BCUT2D eigenvalue weighted by molar-refractivity contribution is -0.439. The molecule has 0 atom stereocenters. The maximum atomic E-state index is 11.5. The number of aliphatic hydroxyl groups is 1. The summed E-state index contributed by atoms with van der Waals surface area (Å²) >= 11 is 0. The lowest BCUT2D eigenvalue weighted by atomic mass is 9.80. The van der Waals surface area contributed by atoms with E-state index in [9.17, 15) is 13.0 Å². The summed E-state index contributed by atoms with van der Waals surface area (Å²) in [6.45, 7) is 7.74. The molecule has 0 fully saturated rings. The number of aliphatic hydroxyl groups excluding tert-OH is 1. The molecule has 28 heavy (non-hydrogen) atoms. The first-order valence-electron chi connectivity index (χ1n) is 9.45. The van der Waals surface area contributed by atoms with Gasteiger partial charge in [0.25, 0.3) is 10.1 Å². The molecule has 5 nitrogen and oxygen atoms in total. The van der Waals surface area contributed by atoms with Gasteiger partial charge in [-0.3, -0.25) is 4.55 Å². The van der Waals surface area contributed by atoms with Crippen LogP contribution in [0, 0.1) is 0 Å². The maximum absolute atomic E-state index is 11.5. The zero-order valence-electron chi connectivity index (χ0n) is 16.6. The minimum atomic E-state index is -4.21. The van der Waals surface area contributed by atoms with E-state index < -0.39 is 10.1 Å². The summed E-state index contributed by atoms with van der Waals surface area (Å²) in [6.07, 6.45) is 4.04. The largest absolute Gasteiger partial charge is 1.00 e. The SMILES string of the molecule is CC1=[N+](CCCCCCO)c2ccc3cc(S(=O)(=O)O)ccc3c2C1(C)C.[I-]. The third-order valence-corrected chi connectivity index (χ3v) is 6.63. The molecule has 0 spiro atoms. The summed E-state index contributed by atoms with van der Waals surface area (Å²) in [6, 6.07) is 8.79. The summed E-state index contributed by atoms with van der Waals surface area (Å²) in [7, 11) is -4.21. The van der Waals surface area contributed by atoms with Crippen LogP contribution in [0.2, 0.25) is 0 Å². The number of hydrogen-bond acceptors (Lipinski definition) is 3. The summed E-state index contributed by atoms with van der Waals surface area (Å²) in [4.78, 5) is -0.0767. The molecule has 2 aromatic carbocycles. The van der Waals surface area contributed by atoms with Crippen molar-refractivity contribution in [1.29, 1.82) is 0 Å². The topological polar surface area (TPSA) is 77.6 Å². The lowest BCUT2D eigenvalue weighted by Gasteiger charge is -2.17. The third kappa shape index (κ3) is 4.27. The number of benzene rings is 2. The molecule has 7 heteroatoms. The molecular formula is C21H28INO4S. The monoisotopic (exact) mass is 517 g/mol. The van der Waals surface area contributed by atoms with Gasteiger partial charge in [0.1, 0.15) is 6.54 Å². The highest BCUT2D eigenvalue weighted by Gasteiger charge is 2.44. The van der Waals surface area contributed by atoms with E-state index in [4.69, 9.17) is 5.11 Å². The zero-order chi connectivity index (χ0) is 19.8. The number of fused-ring (bicyclic) bond motifs is 3. The van der Waals surface area contributed by atoms with Crippen LogP contribution in [0.25, 0.3) is 10.8 Å². The number of unbranched alkanes of at least 4 members (excludes halogenated alkanes) is 3. The minimum Gasteiger partial charge on any atom is -1.00 e. The molecule has 0 saturated heterocycles. The van der Waals surface area contributed by atoms with Crippen molar-refractivity contribution in [3.63, 3.8) is 0 Å². The normalized spacial score (nSPS) is 15.6. The van der Waals surface area contributed by atoms with Gasteiger partial charge >= 0.3 is 0 Å². The predicted molar refractivity (Wildman–Crippen MR) is 108 cm³/mol. The van der Waals surface area contributed by atoms with Crippen LogP contribution in [0.15, 0.2) is 35.2 Å². The highest BCUT2D eigenvalue weighted by Crippen LogP contribution is 2.44. The van der Waals surface area contributed by atoms with Crippen molar-refractivity contribution in [3.05, 3.63) is 35.9 Å². The van der Waals surface area contributed by atoms with E-state index in [0.29, 0.717) is 0 Å². The van der Waals surface area contributed by atoms with Crippen LogP contribution in [0.4, 0.5) is 5.69 Å². The highest BCUT2D eigenvalue weighted by atomic mass is 127. The number of rotatable bonds is 7. The third-order valence-electron chi connectivity index (χ3n) is 5.78. The van der Waals surface area contributed by atoms with E-state index in [2.05, 4.69) is 31.4 Å². The fraction of sp³-hybridized carbons (Fsp3) is 0.476. The van der Waals surface area contributed by atoms with E-state index >= 15 is 0 Å². The molecule has 0 bridgehead atoms. The molecule has 154 valence electrons. The molecular weight excluding hydrogens is 489 g/mol. The van der Waals surface area contributed by atoms with E-state index in [0.717, 1.165) is 43.0 Å². The lowest BCUT2D eigenvalue weighted by Crippen LogP contribution is -3.00. The second-order valence-corrected chi connectivity index (χ2v) is 9.24. The van der Waals surface area contributed by atoms with Gasteiger partial charge in [0.2, 0.25) is 5.69 Å². The smallest absolute Gasteiger partial charge is 0.294 e. The molecule has 0 aromatic heterocycles. The van der Waals surface area contributed by atoms with Crippen molar-refractivity contribution in [2.24, 2.45) is 0 Å². The average molecular weight is 517 g/mol. The summed E-state index contributed by atoms with van der Waals surface area (Å²) in [5, 5.41) is 10.8. The van der Waals surface area contributed by atoms with Crippen LogP contribution >= 0.6 is 0 Å². The quantitative estimate of drug-likeness (QED) is 0.249. The van der Waals surface area contributed by atoms with E-state index in [1.165, 1.54) is 29.1 Å². The van der Waals surface area contributed by atoms with E-state index in [1.54, 1.807) is 6.07 Å². The number of halogens is 1. The first-order chi connectivity index (χ1) is 12.7. The Morgan fingerprint density at radius 3 is 2.36 bits per heavy atom. The van der Waals surface area contributed by atoms with Gasteiger partial charge in [0, 0.05) is 31.6 Å². The van der Waals surface area contributed by atoms with Crippen molar-refractivity contribution in [1.82, 2.24) is 0 Å². The Balaban J connectivity index is 0.00000280. The summed E-state index contributed by atoms with van der Waals surface area (Å²) in [5.41, 5.74) is 3.51. The molecule has 0 radical (unpaired) electrons. The summed E-state index contributed by atoms with van der Waals surface area (Å²) in [5.74, 6) is 0. The second kappa shape index (κ2) is 8.77. The van der Waals surface area contributed by atoms with Crippen LogP contribution in [0.5, 0.6) is 0 Å². The highest BCUT2D eigenvalue weighted by molar-refractivity contribution is 7.85. The van der Waals surface area contributed by atoms with Crippen LogP contribution < -0.4 is 24.0 Å². The Kier molecular flexibility index (Phi) is 7.28. The van der Waals surface area contributed by atoms with Gasteiger partial charge in [0.05, 0.1) is 10.3 Å². The van der Waals surface area contributed by atoms with Crippen molar-refractivity contribution in [2.75, 3.05) is 13.2 Å². The Bertz CT molecular complexity index is 1010. The molecule has 1 aliphatic rings. The molecule has 2 N–H and O–H groups in total. The Morgan fingerprint density at radius 1 is 1.04 bits per heavy atom. The fourth-order valence-electron chi connectivity index (χ4n) is 4.06. The zero-order valence-corrected chi connectivity index (χ0v) is 19.5. The molecule has 0 saturated carbocycles. The van der Waals surface area contributed by atoms with Gasteiger partial charge in [-0.15, -0.1) is 0 Å². The second-order valence-electron chi connectivity index (χ2n) is 7.82. The van der Waals surface area contributed by atoms with Crippen molar-refractivity contribution in [2.45, 2.75) is 56.8 Å². The molecule has 0 amide bonds. The Labute approximate surface area is 184 Å². The van der Waals surface area contributed by atoms with E-state index in [1.807, 2.05) is 6.07 Å². The predicted octanol–water partition coefficient (Wildman–Crippen LogP) is 1.04. The van der Waals surface area contributed by atoms with Gasteiger partial charge in [0.15, 0.2) is 5.71 Å². The van der Waals surface area contributed by atoms with Crippen LogP contribution in [0.1, 0.15) is 52.0 Å². The van der Waals surface area contributed by atoms with E-state index in [-0.39, 0.29) is 40.9 Å². The fourth-order valence-corrected chi connectivity index (χ4v) is 4.58. The molecule has 3 rings (SSSR count). The molecule has 0 aliphatic carbocycles. The van der Waals surface area contributed by atoms with Gasteiger partial charge in [-0.05, 0) is 55.7 Å². The van der Waals surface area contributed by atoms with Crippen molar-refractivity contribution >= 4 is 32.3 Å². The van der Waals surface area contributed by atoms with Gasteiger partial charge < -0.3 is 29.1 Å². The molecule has 2 aromatic rings. The Morgan fingerprint density at radius 2 is 1.71 bits per heavy atom. The molecule has 1 aliphatic heterocycles. The summed E-state index contributed by atoms with van der Waals surface area (Å²) < 4.78 is 34.6. The average Bonchev–Trinajstić information content (AvgIpc) is 2.80. The van der Waals surface area contributed by atoms with Crippen molar-refractivity contribution in [3.8, 4) is 0 Å². The standard InChI is InChI=1S/C21H27NO4S.HI/c1-15-21(2,3)20-18-10-9-17(27(24,25)26)14-16(18)8-11-19(20)22(15)12-6-4-5-7-13-23;/h8-11,14,23H,4-7,12-13H2,1-3H3;1H. The van der Waals surface area contributed by atoms with Crippen LogP contribution in [-0.2, 0) is 15.5 Å². The van der Waals surface area contributed by atoms with Crippen LogP contribution in [-0.4, -0.2) is 41.5 Å². The first-order valence-corrected chi connectivity index (χ1v) is 10.9. The number of nitrogens with zero attached hydrogens (tertiary/aromatic N) is 1. The Hall–Kier alpha value is -1.03. The molecule has 0 unspecified atom stereocenters. The van der Waals surface area contributed by atoms with Gasteiger partial charge in [-0.2, -0.15) is 13.0 Å². The number of hydrogen-bond donors (Lipinski definition) is 2. The first kappa shape index (κ1) is 23.3. The van der Waals surface area contributed by atoms with Gasteiger partial charge in [-0.25, -0.2) is 0 Å². The van der Waals surface area contributed by atoms with Crippen molar-refractivity contribution < 1.29 is 46.6 Å². The maximum Gasteiger partial charge on any atom is 0.294 e. The minimum absolute atomic E-state index is 0. The van der Waals surface area contributed by atoms with Crippen LogP contribution in [0.3, 0.4) is 0 Å². The van der Waals surface area contributed by atoms with Gasteiger partial charge in [-0.1, -0.05) is 12.5 Å². The molecule has 1 heterocycles.